The van der Waals surface area contributed by atoms with Crippen LogP contribution in [0.5, 0.6) is 0 Å². The molecule has 0 amide bonds. The number of hydrogen-bond acceptors (Lipinski definition) is 3. The van der Waals surface area contributed by atoms with E-state index in [-0.39, 0.29) is 6.04 Å². The van der Waals surface area contributed by atoms with Gasteiger partial charge < -0.3 is 16.0 Å². The summed E-state index contributed by atoms with van der Waals surface area (Å²) >= 11 is 3.55. The van der Waals surface area contributed by atoms with Crippen molar-refractivity contribution in [2.45, 2.75) is 6.04 Å². The first-order valence-electron chi connectivity index (χ1n) is 6.60. The Kier molecular flexibility index (Phi) is 5.04. The monoisotopic (exact) mass is 333 g/mol. The number of rotatable bonds is 5. The number of nitrogens with two attached hydrogens (primary N) is 1. The summed E-state index contributed by atoms with van der Waals surface area (Å²) in [5.41, 5.74) is 9.34. The van der Waals surface area contributed by atoms with E-state index in [1.54, 1.807) is 0 Å². The van der Waals surface area contributed by atoms with Gasteiger partial charge in [0.1, 0.15) is 0 Å². The van der Waals surface area contributed by atoms with Crippen LogP contribution in [0.2, 0.25) is 0 Å². The summed E-state index contributed by atoms with van der Waals surface area (Å²) in [5, 5.41) is 3.48. The maximum absolute atomic E-state index is 5.91. The standard InChI is InChI=1S/C16H20BrN3/c1-20(2)13-9-7-12(8-10-13)16(11-18)19-15-6-4-3-5-14(15)17/h3-10,16,19H,11,18H2,1-2H3. The summed E-state index contributed by atoms with van der Waals surface area (Å²) in [6.07, 6.45) is 0. The van der Waals surface area contributed by atoms with Crippen LogP contribution in [0.25, 0.3) is 0 Å². The van der Waals surface area contributed by atoms with Gasteiger partial charge in [-0.2, -0.15) is 0 Å². The molecule has 20 heavy (non-hydrogen) atoms. The lowest BCUT2D eigenvalue weighted by molar-refractivity contribution is 0.789. The van der Waals surface area contributed by atoms with Crippen LogP contribution in [0.15, 0.2) is 53.0 Å². The minimum Gasteiger partial charge on any atom is -0.378 e. The van der Waals surface area contributed by atoms with Gasteiger partial charge in [-0.3, -0.25) is 0 Å². The maximum atomic E-state index is 5.91. The van der Waals surface area contributed by atoms with Gasteiger partial charge in [-0.1, -0.05) is 24.3 Å². The number of hydrogen-bond donors (Lipinski definition) is 2. The molecule has 3 N–H and O–H groups in total. The number of benzene rings is 2. The SMILES string of the molecule is CN(C)c1ccc(C(CN)Nc2ccccc2Br)cc1. The molecule has 1 unspecified atom stereocenters. The molecular weight excluding hydrogens is 314 g/mol. The van der Waals surface area contributed by atoms with Gasteiger partial charge in [-0.15, -0.1) is 0 Å². The molecule has 106 valence electrons. The van der Waals surface area contributed by atoms with E-state index in [2.05, 4.69) is 50.4 Å². The Labute approximate surface area is 128 Å². The highest BCUT2D eigenvalue weighted by molar-refractivity contribution is 9.10. The highest BCUT2D eigenvalue weighted by atomic mass is 79.9. The summed E-state index contributed by atoms with van der Waals surface area (Å²) in [5.74, 6) is 0. The lowest BCUT2D eigenvalue weighted by Gasteiger charge is -2.21. The maximum Gasteiger partial charge on any atom is 0.0636 e. The lowest BCUT2D eigenvalue weighted by atomic mass is 10.1. The molecule has 0 aliphatic carbocycles. The molecule has 0 heterocycles. The fraction of sp³-hybridized carbons (Fsp3) is 0.250. The van der Waals surface area contributed by atoms with E-state index >= 15 is 0 Å². The molecular formula is C16H20BrN3. The molecule has 3 nitrogen and oxygen atoms in total. The third-order valence-electron chi connectivity index (χ3n) is 3.25. The Hall–Kier alpha value is -1.52. The first-order valence-corrected chi connectivity index (χ1v) is 7.39. The topological polar surface area (TPSA) is 41.3 Å². The van der Waals surface area contributed by atoms with E-state index in [0.29, 0.717) is 6.54 Å². The van der Waals surface area contributed by atoms with Crippen LogP contribution in [0.3, 0.4) is 0 Å². The van der Waals surface area contributed by atoms with Crippen molar-refractivity contribution < 1.29 is 0 Å². The fourth-order valence-electron chi connectivity index (χ4n) is 2.05. The zero-order chi connectivity index (χ0) is 14.5. The van der Waals surface area contributed by atoms with E-state index in [9.17, 15) is 0 Å². The van der Waals surface area contributed by atoms with E-state index in [4.69, 9.17) is 5.73 Å². The molecule has 0 spiro atoms. The average Bonchev–Trinajstić information content (AvgIpc) is 2.46. The molecule has 4 heteroatoms. The molecule has 0 radical (unpaired) electrons. The lowest BCUT2D eigenvalue weighted by Crippen LogP contribution is -2.21. The summed E-state index contributed by atoms with van der Waals surface area (Å²) in [6.45, 7) is 0.544. The number of halogens is 1. The molecule has 2 rings (SSSR count). The molecule has 2 aromatic rings. The van der Waals surface area contributed by atoms with Crippen molar-refractivity contribution in [2.24, 2.45) is 5.73 Å². The molecule has 0 aromatic heterocycles. The Morgan fingerprint density at radius 3 is 2.30 bits per heavy atom. The smallest absolute Gasteiger partial charge is 0.0636 e. The minimum atomic E-state index is 0.102. The predicted octanol–water partition coefficient (Wildman–Crippen LogP) is 3.63. The van der Waals surface area contributed by atoms with Crippen LogP contribution in [-0.2, 0) is 0 Å². The zero-order valence-corrected chi connectivity index (χ0v) is 13.4. The zero-order valence-electron chi connectivity index (χ0n) is 11.8. The number of nitrogens with one attached hydrogen (secondary N) is 1. The van der Waals surface area contributed by atoms with E-state index in [0.717, 1.165) is 10.2 Å². The molecule has 0 saturated heterocycles. The molecule has 2 aromatic carbocycles. The van der Waals surface area contributed by atoms with Crippen molar-refractivity contribution >= 4 is 27.3 Å². The molecule has 1 atom stereocenters. The Balaban J connectivity index is 2.18. The van der Waals surface area contributed by atoms with Gasteiger partial charge in [0, 0.05) is 36.5 Å². The second-order valence-electron chi connectivity index (χ2n) is 4.90. The minimum absolute atomic E-state index is 0.102. The molecule has 0 bridgehead atoms. The molecule has 0 saturated carbocycles. The summed E-state index contributed by atoms with van der Waals surface area (Å²) < 4.78 is 1.04. The summed E-state index contributed by atoms with van der Waals surface area (Å²) in [7, 11) is 4.07. The van der Waals surface area contributed by atoms with Gasteiger partial charge in [0.05, 0.1) is 6.04 Å². The van der Waals surface area contributed by atoms with E-state index in [1.165, 1.54) is 11.3 Å². The summed E-state index contributed by atoms with van der Waals surface area (Å²) in [4.78, 5) is 2.09. The molecule has 0 aliphatic heterocycles. The summed E-state index contributed by atoms with van der Waals surface area (Å²) in [6, 6.07) is 16.6. The normalized spacial score (nSPS) is 12.0. The van der Waals surface area contributed by atoms with Crippen molar-refractivity contribution in [1.29, 1.82) is 0 Å². The van der Waals surface area contributed by atoms with Crippen LogP contribution < -0.4 is 16.0 Å². The van der Waals surface area contributed by atoms with Gasteiger partial charge in [0.15, 0.2) is 0 Å². The quantitative estimate of drug-likeness (QED) is 0.877. The Morgan fingerprint density at radius 2 is 1.75 bits per heavy atom. The second kappa shape index (κ2) is 6.77. The highest BCUT2D eigenvalue weighted by Crippen LogP contribution is 2.26. The fourth-order valence-corrected chi connectivity index (χ4v) is 2.45. The van der Waals surface area contributed by atoms with Crippen molar-refractivity contribution in [3.05, 3.63) is 58.6 Å². The second-order valence-corrected chi connectivity index (χ2v) is 5.75. The number of anilines is 2. The van der Waals surface area contributed by atoms with Crippen LogP contribution in [0.4, 0.5) is 11.4 Å². The van der Waals surface area contributed by atoms with Gasteiger partial charge >= 0.3 is 0 Å². The largest absolute Gasteiger partial charge is 0.378 e. The molecule has 0 aliphatic rings. The highest BCUT2D eigenvalue weighted by Gasteiger charge is 2.11. The molecule has 0 fully saturated rings. The van der Waals surface area contributed by atoms with E-state index in [1.807, 2.05) is 38.4 Å². The van der Waals surface area contributed by atoms with Crippen molar-refractivity contribution in [3.8, 4) is 0 Å². The first kappa shape index (κ1) is 14.9. The van der Waals surface area contributed by atoms with E-state index < -0.39 is 0 Å². The van der Waals surface area contributed by atoms with Gasteiger partial charge in [0.2, 0.25) is 0 Å². The van der Waals surface area contributed by atoms with Crippen molar-refractivity contribution in [2.75, 3.05) is 30.9 Å². The third kappa shape index (κ3) is 3.52. The Morgan fingerprint density at radius 1 is 1.10 bits per heavy atom. The number of para-hydroxylation sites is 1. The van der Waals surface area contributed by atoms with Crippen LogP contribution in [0.1, 0.15) is 11.6 Å². The van der Waals surface area contributed by atoms with Gasteiger partial charge in [0.25, 0.3) is 0 Å². The Bertz CT molecular complexity index is 552. The first-order chi connectivity index (χ1) is 9.61. The van der Waals surface area contributed by atoms with Gasteiger partial charge in [-0.05, 0) is 45.8 Å². The van der Waals surface area contributed by atoms with Crippen LogP contribution in [-0.4, -0.2) is 20.6 Å². The van der Waals surface area contributed by atoms with Crippen molar-refractivity contribution in [3.63, 3.8) is 0 Å². The van der Waals surface area contributed by atoms with Crippen LogP contribution >= 0.6 is 15.9 Å². The van der Waals surface area contributed by atoms with Crippen LogP contribution in [0, 0.1) is 0 Å². The number of nitrogens with zero attached hydrogens (tertiary/aromatic N) is 1. The predicted molar refractivity (Wildman–Crippen MR) is 90.3 cm³/mol. The van der Waals surface area contributed by atoms with Gasteiger partial charge in [-0.25, -0.2) is 0 Å². The average molecular weight is 334 g/mol. The third-order valence-corrected chi connectivity index (χ3v) is 3.94. The van der Waals surface area contributed by atoms with Crippen molar-refractivity contribution in [1.82, 2.24) is 0 Å².